The Bertz CT molecular complexity index is 612. The molecule has 0 amide bonds. The van der Waals surface area contributed by atoms with E-state index in [0.717, 1.165) is 51.1 Å². The van der Waals surface area contributed by atoms with Crippen LogP contribution in [0.4, 0.5) is 0 Å². The lowest BCUT2D eigenvalue weighted by Gasteiger charge is -2.26. The SMILES string of the molecule is O=S(=O)(NOCCN1CCOCC1)c1ccc2c(c1)CCC2. The molecule has 1 aliphatic heterocycles. The van der Waals surface area contributed by atoms with E-state index in [9.17, 15) is 8.42 Å². The summed E-state index contributed by atoms with van der Waals surface area (Å²) >= 11 is 0. The first kappa shape index (κ1) is 15.9. The van der Waals surface area contributed by atoms with Crippen LogP contribution in [0.15, 0.2) is 23.1 Å². The summed E-state index contributed by atoms with van der Waals surface area (Å²) in [4.78, 5) is 9.84. The summed E-state index contributed by atoms with van der Waals surface area (Å²) in [6.45, 7) is 4.18. The molecule has 7 heteroatoms. The standard InChI is InChI=1S/C15H22N2O4S/c18-22(19,15-5-4-13-2-1-3-14(13)12-15)16-21-11-8-17-6-9-20-10-7-17/h4-5,12,16H,1-3,6-11H2. The average Bonchev–Trinajstić information content (AvgIpc) is 3.00. The van der Waals surface area contributed by atoms with Crippen LogP contribution in [0.3, 0.4) is 0 Å². The van der Waals surface area contributed by atoms with Crippen molar-refractivity contribution in [3.8, 4) is 0 Å². The highest BCUT2D eigenvalue weighted by Crippen LogP contribution is 2.24. The Kier molecular flexibility index (Phi) is 5.10. The highest BCUT2D eigenvalue weighted by atomic mass is 32.2. The molecule has 0 radical (unpaired) electrons. The summed E-state index contributed by atoms with van der Waals surface area (Å²) in [5.74, 6) is 0. The van der Waals surface area contributed by atoms with Gasteiger partial charge in [-0.05, 0) is 42.5 Å². The van der Waals surface area contributed by atoms with E-state index in [0.29, 0.717) is 13.2 Å². The van der Waals surface area contributed by atoms with E-state index in [1.807, 2.05) is 6.07 Å². The second-order valence-corrected chi connectivity index (χ2v) is 7.32. The largest absolute Gasteiger partial charge is 0.379 e. The Morgan fingerprint density at radius 3 is 2.77 bits per heavy atom. The number of fused-ring (bicyclic) bond motifs is 1. The molecule has 122 valence electrons. The highest BCUT2D eigenvalue weighted by molar-refractivity contribution is 7.89. The molecule has 1 N–H and O–H groups in total. The minimum atomic E-state index is -3.60. The van der Waals surface area contributed by atoms with Crippen LogP contribution in [0.2, 0.25) is 0 Å². The minimum Gasteiger partial charge on any atom is -0.379 e. The fourth-order valence-corrected chi connectivity index (χ4v) is 3.76. The van der Waals surface area contributed by atoms with Crippen LogP contribution in [0, 0.1) is 0 Å². The Morgan fingerprint density at radius 1 is 1.18 bits per heavy atom. The smallest absolute Gasteiger partial charge is 0.262 e. The molecule has 0 atom stereocenters. The molecule has 1 fully saturated rings. The van der Waals surface area contributed by atoms with Crippen LogP contribution in [0.1, 0.15) is 17.5 Å². The van der Waals surface area contributed by atoms with E-state index < -0.39 is 10.0 Å². The summed E-state index contributed by atoms with van der Waals surface area (Å²) in [7, 11) is -3.60. The van der Waals surface area contributed by atoms with E-state index >= 15 is 0 Å². The monoisotopic (exact) mass is 326 g/mol. The van der Waals surface area contributed by atoms with Gasteiger partial charge in [-0.3, -0.25) is 9.74 Å². The number of sulfonamides is 1. The van der Waals surface area contributed by atoms with Crippen molar-refractivity contribution in [1.82, 2.24) is 9.79 Å². The Morgan fingerprint density at radius 2 is 1.95 bits per heavy atom. The molecular formula is C15H22N2O4S. The van der Waals surface area contributed by atoms with Crippen LogP contribution in [-0.4, -0.2) is 52.8 Å². The van der Waals surface area contributed by atoms with Gasteiger partial charge in [-0.2, -0.15) is 0 Å². The summed E-state index contributed by atoms with van der Waals surface area (Å²) in [6.07, 6.45) is 3.10. The molecule has 2 aliphatic rings. The molecule has 6 nitrogen and oxygen atoms in total. The minimum absolute atomic E-state index is 0.277. The van der Waals surface area contributed by atoms with Gasteiger partial charge in [-0.1, -0.05) is 11.0 Å². The Hall–Kier alpha value is -0.990. The quantitative estimate of drug-likeness (QED) is 0.616. The lowest BCUT2D eigenvalue weighted by atomic mass is 10.1. The first-order chi connectivity index (χ1) is 10.6. The first-order valence-corrected chi connectivity index (χ1v) is 9.19. The lowest BCUT2D eigenvalue weighted by molar-refractivity contribution is 0.0125. The number of rotatable bonds is 6. The molecule has 1 saturated heterocycles. The van der Waals surface area contributed by atoms with Crippen molar-refractivity contribution in [2.24, 2.45) is 0 Å². The maximum atomic E-state index is 12.2. The molecule has 0 aromatic heterocycles. The third kappa shape index (κ3) is 3.85. The molecule has 0 bridgehead atoms. The zero-order chi connectivity index (χ0) is 15.4. The predicted molar refractivity (Wildman–Crippen MR) is 82.0 cm³/mol. The van der Waals surface area contributed by atoms with Gasteiger partial charge in [0.1, 0.15) is 0 Å². The molecule has 0 unspecified atom stereocenters. The van der Waals surface area contributed by atoms with Gasteiger partial charge in [0.2, 0.25) is 0 Å². The topological polar surface area (TPSA) is 67.9 Å². The number of nitrogens with one attached hydrogen (secondary N) is 1. The third-order valence-electron chi connectivity index (χ3n) is 4.16. The average molecular weight is 326 g/mol. The van der Waals surface area contributed by atoms with Crippen molar-refractivity contribution in [3.63, 3.8) is 0 Å². The number of benzene rings is 1. The normalized spacial score (nSPS) is 19.3. The van der Waals surface area contributed by atoms with Crippen LogP contribution in [0.5, 0.6) is 0 Å². The molecule has 1 aromatic carbocycles. The Labute approximate surface area is 131 Å². The summed E-state index contributed by atoms with van der Waals surface area (Å²) in [6, 6.07) is 5.32. The van der Waals surface area contributed by atoms with E-state index in [-0.39, 0.29) is 4.90 Å². The fraction of sp³-hybridized carbons (Fsp3) is 0.600. The summed E-state index contributed by atoms with van der Waals surface area (Å²) in [5.41, 5.74) is 2.39. The molecule has 22 heavy (non-hydrogen) atoms. The van der Waals surface area contributed by atoms with Crippen molar-refractivity contribution in [2.75, 3.05) is 39.5 Å². The molecule has 0 saturated carbocycles. The van der Waals surface area contributed by atoms with Crippen molar-refractivity contribution in [1.29, 1.82) is 0 Å². The van der Waals surface area contributed by atoms with E-state index in [4.69, 9.17) is 9.57 Å². The predicted octanol–water partition coefficient (Wildman–Crippen LogP) is 0.717. The van der Waals surface area contributed by atoms with Gasteiger partial charge in [0.25, 0.3) is 10.0 Å². The van der Waals surface area contributed by atoms with Crippen LogP contribution in [0.25, 0.3) is 0 Å². The van der Waals surface area contributed by atoms with Gasteiger partial charge in [0.05, 0.1) is 24.7 Å². The van der Waals surface area contributed by atoms with Crippen molar-refractivity contribution in [3.05, 3.63) is 29.3 Å². The van der Waals surface area contributed by atoms with Crippen LogP contribution >= 0.6 is 0 Å². The maximum Gasteiger partial charge on any atom is 0.262 e. The van der Waals surface area contributed by atoms with Gasteiger partial charge >= 0.3 is 0 Å². The van der Waals surface area contributed by atoms with Gasteiger partial charge in [-0.25, -0.2) is 8.42 Å². The second-order valence-electron chi connectivity index (χ2n) is 5.67. The molecule has 1 aliphatic carbocycles. The zero-order valence-electron chi connectivity index (χ0n) is 12.6. The molecule has 0 spiro atoms. The van der Waals surface area contributed by atoms with Crippen LogP contribution in [-0.2, 0) is 32.4 Å². The molecule has 1 aromatic rings. The van der Waals surface area contributed by atoms with Crippen LogP contribution < -0.4 is 4.89 Å². The Balaban J connectivity index is 1.50. The van der Waals surface area contributed by atoms with Gasteiger partial charge in [0.15, 0.2) is 0 Å². The summed E-state index contributed by atoms with van der Waals surface area (Å²) in [5, 5.41) is 0. The van der Waals surface area contributed by atoms with Crippen molar-refractivity contribution >= 4 is 10.0 Å². The number of ether oxygens (including phenoxy) is 1. The fourth-order valence-electron chi connectivity index (χ4n) is 2.88. The molecular weight excluding hydrogens is 304 g/mol. The highest BCUT2D eigenvalue weighted by Gasteiger charge is 2.19. The number of hydrogen-bond donors (Lipinski definition) is 1. The lowest BCUT2D eigenvalue weighted by Crippen LogP contribution is -2.39. The van der Waals surface area contributed by atoms with Crippen molar-refractivity contribution in [2.45, 2.75) is 24.2 Å². The van der Waals surface area contributed by atoms with E-state index in [1.54, 1.807) is 12.1 Å². The number of morpholine rings is 1. The second kappa shape index (κ2) is 7.06. The number of hydrogen-bond acceptors (Lipinski definition) is 5. The maximum absolute atomic E-state index is 12.2. The third-order valence-corrected chi connectivity index (χ3v) is 5.37. The summed E-state index contributed by atoms with van der Waals surface area (Å²) < 4.78 is 29.7. The van der Waals surface area contributed by atoms with E-state index in [1.165, 1.54) is 5.56 Å². The van der Waals surface area contributed by atoms with E-state index in [2.05, 4.69) is 9.79 Å². The molecule has 1 heterocycles. The van der Waals surface area contributed by atoms with Gasteiger partial charge < -0.3 is 4.74 Å². The zero-order valence-corrected chi connectivity index (χ0v) is 13.4. The number of nitrogens with zero attached hydrogens (tertiary/aromatic N) is 1. The van der Waals surface area contributed by atoms with Gasteiger partial charge in [-0.15, -0.1) is 0 Å². The van der Waals surface area contributed by atoms with Gasteiger partial charge in [0, 0.05) is 19.6 Å². The number of aryl methyl sites for hydroxylation is 2. The van der Waals surface area contributed by atoms with Crippen molar-refractivity contribution < 1.29 is 18.0 Å². The first-order valence-electron chi connectivity index (χ1n) is 7.71. The molecule has 3 rings (SSSR count).